The highest BCUT2D eigenvalue weighted by molar-refractivity contribution is 7.07. The molecule has 2 aliphatic rings. The minimum Gasteiger partial charge on any atom is -0.335 e. The Morgan fingerprint density at radius 1 is 1.35 bits per heavy atom. The third-order valence-corrected chi connectivity index (χ3v) is 5.58. The van der Waals surface area contributed by atoms with E-state index in [9.17, 15) is 4.79 Å². The molecule has 2 aromatic heterocycles. The summed E-state index contributed by atoms with van der Waals surface area (Å²) in [7, 11) is 0. The number of aromatic nitrogens is 3. The third-order valence-electron chi connectivity index (χ3n) is 4.88. The number of carbonyl (C=O) groups excluding carboxylic acids is 1. The Morgan fingerprint density at radius 2 is 2.26 bits per heavy atom. The molecule has 0 saturated carbocycles. The van der Waals surface area contributed by atoms with Crippen molar-refractivity contribution in [1.29, 1.82) is 0 Å². The monoisotopic (exact) mass is 331 g/mol. The summed E-state index contributed by atoms with van der Waals surface area (Å²) in [6.07, 6.45) is 2.18. The number of hydrogen-bond donors (Lipinski definition) is 0. The van der Waals surface area contributed by atoms with E-state index in [0.29, 0.717) is 13.1 Å². The minimum absolute atomic E-state index is 0.239. The summed E-state index contributed by atoms with van der Waals surface area (Å²) in [4.78, 5) is 17.0. The van der Waals surface area contributed by atoms with Gasteiger partial charge in [0.1, 0.15) is 11.6 Å². The highest BCUT2D eigenvalue weighted by Gasteiger charge is 2.31. The summed E-state index contributed by atoms with van der Waals surface area (Å²) in [5.74, 6) is 2.17. The molecule has 0 aliphatic carbocycles. The maximum atomic E-state index is 12.8. The van der Waals surface area contributed by atoms with Crippen LogP contribution in [-0.4, -0.2) is 50.1 Å². The molecule has 7 heteroatoms. The van der Waals surface area contributed by atoms with Gasteiger partial charge in [-0.25, -0.2) is 0 Å². The maximum absolute atomic E-state index is 12.8. The molecule has 0 unspecified atom stereocenters. The Morgan fingerprint density at radius 3 is 3.09 bits per heavy atom. The van der Waals surface area contributed by atoms with Crippen LogP contribution in [0.2, 0.25) is 0 Å². The van der Waals surface area contributed by atoms with Crippen LogP contribution in [0.5, 0.6) is 0 Å². The Balaban J connectivity index is 1.42. The summed E-state index contributed by atoms with van der Waals surface area (Å²) in [6.45, 7) is 5.80. The molecular formula is C16H21N5OS. The van der Waals surface area contributed by atoms with E-state index in [2.05, 4.69) is 41.4 Å². The van der Waals surface area contributed by atoms with E-state index in [-0.39, 0.29) is 11.9 Å². The fourth-order valence-corrected chi connectivity index (χ4v) is 4.35. The average Bonchev–Trinajstić information content (AvgIpc) is 3.27. The smallest absolute Gasteiger partial charge is 0.237 e. The first-order valence-corrected chi connectivity index (χ1v) is 9.09. The molecule has 122 valence electrons. The lowest BCUT2D eigenvalue weighted by molar-refractivity contribution is -0.133. The zero-order valence-corrected chi connectivity index (χ0v) is 14.1. The lowest BCUT2D eigenvalue weighted by Crippen LogP contribution is -2.43. The molecule has 2 aliphatic heterocycles. The van der Waals surface area contributed by atoms with Crippen molar-refractivity contribution in [3.05, 3.63) is 34.0 Å². The number of carbonyl (C=O) groups is 1. The van der Waals surface area contributed by atoms with Crippen LogP contribution in [-0.2, 0) is 17.9 Å². The molecule has 4 rings (SSSR count). The Bertz CT molecular complexity index is 695. The third kappa shape index (κ3) is 2.79. The van der Waals surface area contributed by atoms with Crippen LogP contribution >= 0.6 is 11.3 Å². The molecule has 0 bridgehead atoms. The van der Waals surface area contributed by atoms with Gasteiger partial charge in [0, 0.05) is 19.6 Å². The zero-order chi connectivity index (χ0) is 15.8. The van der Waals surface area contributed by atoms with Crippen molar-refractivity contribution < 1.29 is 4.79 Å². The Hall–Kier alpha value is -1.73. The summed E-state index contributed by atoms with van der Waals surface area (Å²) < 4.78 is 2.14. The average molecular weight is 331 g/mol. The number of likely N-dealkylation sites (tertiary alicyclic amines) is 1. The van der Waals surface area contributed by atoms with Crippen LogP contribution in [0.25, 0.3) is 0 Å². The predicted octanol–water partition coefficient (Wildman–Crippen LogP) is 1.83. The standard InChI is InChI=1S/C16H21N5OS/c1-12-17-18-15-9-19(6-7-20(12)15)10-16(22)21-5-2-3-14(21)13-4-8-23-11-13/h4,8,11,14H,2-3,5-7,9-10H2,1H3/t14-/m1/s1. The number of rotatable bonds is 3. The van der Waals surface area contributed by atoms with Gasteiger partial charge >= 0.3 is 0 Å². The maximum Gasteiger partial charge on any atom is 0.237 e. The summed E-state index contributed by atoms with van der Waals surface area (Å²) in [5, 5.41) is 12.6. The SMILES string of the molecule is Cc1nnc2n1CCN(CC(=O)N1CCC[C@@H]1c1ccsc1)C2. The summed E-state index contributed by atoms with van der Waals surface area (Å²) >= 11 is 1.70. The number of thiophene rings is 1. The largest absolute Gasteiger partial charge is 0.335 e. The molecule has 1 atom stereocenters. The second-order valence-electron chi connectivity index (χ2n) is 6.33. The van der Waals surface area contributed by atoms with E-state index in [1.807, 2.05) is 6.92 Å². The van der Waals surface area contributed by atoms with Crippen LogP contribution in [0.3, 0.4) is 0 Å². The van der Waals surface area contributed by atoms with E-state index < -0.39 is 0 Å². The van der Waals surface area contributed by atoms with E-state index in [4.69, 9.17) is 0 Å². The van der Waals surface area contributed by atoms with Gasteiger partial charge in [-0.05, 0) is 42.2 Å². The highest BCUT2D eigenvalue weighted by atomic mass is 32.1. The van der Waals surface area contributed by atoms with Crippen molar-refractivity contribution in [2.45, 2.75) is 38.9 Å². The molecule has 23 heavy (non-hydrogen) atoms. The molecule has 0 radical (unpaired) electrons. The molecule has 0 spiro atoms. The van der Waals surface area contributed by atoms with E-state index >= 15 is 0 Å². The number of hydrogen-bond acceptors (Lipinski definition) is 5. The van der Waals surface area contributed by atoms with Crippen LogP contribution in [0.15, 0.2) is 16.8 Å². The lowest BCUT2D eigenvalue weighted by atomic mass is 10.1. The fourth-order valence-electron chi connectivity index (χ4n) is 3.65. The lowest BCUT2D eigenvalue weighted by Gasteiger charge is -2.30. The van der Waals surface area contributed by atoms with E-state index in [1.54, 1.807) is 11.3 Å². The molecule has 1 saturated heterocycles. The van der Waals surface area contributed by atoms with Gasteiger partial charge in [-0.3, -0.25) is 9.69 Å². The molecule has 1 fully saturated rings. The van der Waals surface area contributed by atoms with E-state index in [1.165, 1.54) is 5.56 Å². The van der Waals surface area contributed by atoms with Gasteiger partial charge in [0.15, 0.2) is 0 Å². The van der Waals surface area contributed by atoms with Gasteiger partial charge in [-0.15, -0.1) is 10.2 Å². The Kier molecular flexibility index (Phi) is 3.90. The normalized spacial score (nSPS) is 21.6. The summed E-state index contributed by atoms with van der Waals surface area (Å²) in [6, 6.07) is 2.41. The van der Waals surface area contributed by atoms with Gasteiger partial charge in [-0.2, -0.15) is 11.3 Å². The van der Waals surface area contributed by atoms with Crippen LogP contribution in [0.1, 0.15) is 36.1 Å². The van der Waals surface area contributed by atoms with Crippen molar-refractivity contribution >= 4 is 17.2 Å². The molecular weight excluding hydrogens is 310 g/mol. The van der Waals surface area contributed by atoms with Crippen molar-refractivity contribution in [1.82, 2.24) is 24.6 Å². The van der Waals surface area contributed by atoms with Gasteiger partial charge in [0.25, 0.3) is 0 Å². The summed E-state index contributed by atoms with van der Waals surface area (Å²) in [5.41, 5.74) is 1.29. The molecule has 4 heterocycles. The van der Waals surface area contributed by atoms with Crippen molar-refractivity contribution in [3.63, 3.8) is 0 Å². The number of fused-ring (bicyclic) bond motifs is 1. The topological polar surface area (TPSA) is 54.3 Å². The number of aryl methyl sites for hydroxylation is 1. The van der Waals surface area contributed by atoms with Crippen LogP contribution in [0.4, 0.5) is 0 Å². The minimum atomic E-state index is 0.239. The second-order valence-corrected chi connectivity index (χ2v) is 7.11. The van der Waals surface area contributed by atoms with Gasteiger partial charge < -0.3 is 9.47 Å². The first-order valence-electron chi connectivity index (χ1n) is 8.15. The van der Waals surface area contributed by atoms with Gasteiger partial charge in [0.2, 0.25) is 5.91 Å². The van der Waals surface area contributed by atoms with Crippen molar-refractivity contribution in [2.75, 3.05) is 19.6 Å². The first kappa shape index (κ1) is 14.8. The predicted molar refractivity (Wildman–Crippen MR) is 88.0 cm³/mol. The van der Waals surface area contributed by atoms with Crippen molar-refractivity contribution in [3.8, 4) is 0 Å². The van der Waals surface area contributed by atoms with Gasteiger partial charge in [0.05, 0.1) is 19.1 Å². The highest BCUT2D eigenvalue weighted by Crippen LogP contribution is 2.33. The molecule has 0 N–H and O–H groups in total. The number of amides is 1. The van der Waals surface area contributed by atoms with Crippen LogP contribution < -0.4 is 0 Å². The molecule has 1 amide bonds. The second kappa shape index (κ2) is 6.05. The molecule has 0 aromatic carbocycles. The zero-order valence-electron chi connectivity index (χ0n) is 13.3. The Labute approximate surface area is 139 Å². The first-order chi connectivity index (χ1) is 11.2. The van der Waals surface area contributed by atoms with Gasteiger partial charge in [-0.1, -0.05) is 0 Å². The van der Waals surface area contributed by atoms with E-state index in [0.717, 1.165) is 44.1 Å². The van der Waals surface area contributed by atoms with Crippen LogP contribution in [0, 0.1) is 6.92 Å². The quantitative estimate of drug-likeness (QED) is 0.861. The molecule has 2 aromatic rings. The molecule has 6 nitrogen and oxygen atoms in total. The van der Waals surface area contributed by atoms with Crippen molar-refractivity contribution in [2.24, 2.45) is 0 Å². The fraction of sp³-hybridized carbons (Fsp3) is 0.562. The number of nitrogens with zero attached hydrogens (tertiary/aromatic N) is 5.